The second-order valence-corrected chi connectivity index (χ2v) is 15.5. The summed E-state index contributed by atoms with van der Waals surface area (Å²) >= 11 is 0. The number of fused-ring (bicyclic) bond motifs is 5. The number of hydrogen-bond donors (Lipinski definition) is 0. The Labute approximate surface area is 345 Å². The standard InChI is InChI=1S/C58H41N/c1-2-59-55-33-29-47(41-19-11-5-12-20-41)35-51(55)52-36-48(30-34-56(52)59)42-23-25-44(26-24-42)58-50-32-28-45(39-15-7-3-8-16-39)37-53(50)57(43-21-13-6-14-22-43)49-31-27-46(38-54(49)58)40-17-9-4-10-18-40/h3-38H,2H2,1H3. The summed E-state index contributed by atoms with van der Waals surface area (Å²) in [7, 11) is 0. The Morgan fingerprint density at radius 3 is 0.932 bits per heavy atom. The SMILES string of the molecule is CCn1c2ccc(-c3ccccc3)cc2c2cc(-c3ccc(-c4c5ccc(-c6ccccc6)cc5c(-c5ccccc5)c5ccc(-c6ccccc6)cc45)cc3)ccc21. The van der Waals surface area contributed by atoms with E-state index in [0.717, 1.165) is 6.54 Å². The van der Waals surface area contributed by atoms with Crippen molar-refractivity contribution in [1.82, 2.24) is 4.57 Å². The van der Waals surface area contributed by atoms with Gasteiger partial charge in [0.2, 0.25) is 0 Å². The molecule has 59 heavy (non-hydrogen) atoms. The van der Waals surface area contributed by atoms with Crippen LogP contribution in [0.1, 0.15) is 6.92 Å². The van der Waals surface area contributed by atoms with Gasteiger partial charge in [0.25, 0.3) is 0 Å². The molecule has 1 heteroatoms. The van der Waals surface area contributed by atoms with Gasteiger partial charge in [-0.25, -0.2) is 0 Å². The van der Waals surface area contributed by atoms with Crippen molar-refractivity contribution < 1.29 is 0 Å². The van der Waals surface area contributed by atoms with Gasteiger partial charge in [-0.1, -0.05) is 182 Å². The summed E-state index contributed by atoms with van der Waals surface area (Å²) in [6, 6.07) is 80.4. The maximum Gasteiger partial charge on any atom is 0.0491 e. The molecule has 0 aliphatic rings. The van der Waals surface area contributed by atoms with Crippen molar-refractivity contribution in [2.24, 2.45) is 0 Å². The van der Waals surface area contributed by atoms with Crippen molar-refractivity contribution >= 4 is 43.4 Å². The maximum absolute atomic E-state index is 2.44. The summed E-state index contributed by atoms with van der Waals surface area (Å²) in [6.45, 7) is 3.16. The highest BCUT2D eigenvalue weighted by Gasteiger charge is 2.19. The second kappa shape index (κ2) is 14.5. The zero-order chi connectivity index (χ0) is 39.3. The van der Waals surface area contributed by atoms with E-state index >= 15 is 0 Å². The normalized spacial score (nSPS) is 11.5. The fourth-order valence-corrected chi connectivity index (χ4v) is 9.34. The van der Waals surface area contributed by atoms with Gasteiger partial charge in [-0.05, 0) is 132 Å². The molecule has 0 amide bonds. The van der Waals surface area contributed by atoms with Crippen LogP contribution in [0.4, 0.5) is 0 Å². The summed E-state index contributed by atoms with van der Waals surface area (Å²) in [5.74, 6) is 0. The Hall–Kier alpha value is -7.48. The fraction of sp³-hybridized carbons (Fsp3) is 0.0345. The van der Waals surface area contributed by atoms with Gasteiger partial charge in [0.15, 0.2) is 0 Å². The maximum atomic E-state index is 2.44. The number of aryl methyl sites for hydroxylation is 1. The van der Waals surface area contributed by atoms with E-state index in [0.29, 0.717) is 0 Å². The topological polar surface area (TPSA) is 4.93 Å². The van der Waals surface area contributed by atoms with Crippen LogP contribution in [-0.2, 0) is 6.54 Å². The quantitative estimate of drug-likeness (QED) is 0.143. The first-order chi connectivity index (χ1) is 29.2. The number of benzene rings is 10. The molecule has 0 atom stereocenters. The third-order valence-corrected chi connectivity index (χ3v) is 12.2. The van der Waals surface area contributed by atoms with Crippen molar-refractivity contribution in [3.05, 3.63) is 218 Å². The smallest absolute Gasteiger partial charge is 0.0491 e. The predicted octanol–water partition coefficient (Wildman–Crippen LogP) is 16.1. The Kier molecular flexibility index (Phi) is 8.52. The van der Waals surface area contributed by atoms with Crippen molar-refractivity contribution in [2.45, 2.75) is 13.5 Å². The van der Waals surface area contributed by atoms with Crippen molar-refractivity contribution in [3.8, 4) is 66.8 Å². The molecule has 0 aliphatic heterocycles. The number of nitrogens with zero attached hydrogens (tertiary/aromatic N) is 1. The van der Waals surface area contributed by atoms with Crippen LogP contribution in [0, 0.1) is 0 Å². The highest BCUT2D eigenvalue weighted by molar-refractivity contribution is 6.22. The molecule has 0 radical (unpaired) electrons. The molecule has 0 saturated carbocycles. The zero-order valence-corrected chi connectivity index (χ0v) is 32.9. The van der Waals surface area contributed by atoms with Gasteiger partial charge in [0.1, 0.15) is 0 Å². The van der Waals surface area contributed by atoms with E-state index in [1.54, 1.807) is 0 Å². The van der Waals surface area contributed by atoms with Crippen LogP contribution in [0.2, 0.25) is 0 Å². The van der Waals surface area contributed by atoms with E-state index in [2.05, 4.69) is 230 Å². The Balaban J connectivity index is 1.11. The van der Waals surface area contributed by atoms with Gasteiger partial charge in [-0.2, -0.15) is 0 Å². The van der Waals surface area contributed by atoms with Gasteiger partial charge >= 0.3 is 0 Å². The fourth-order valence-electron chi connectivity index (χ4n) is 9.34. The molecule has 11 aromatic rings. The molecule has 0 spiro atoms. The molecule has 0 fully saturated rings. The first kappa shape index (κ1) is 34.7. The molecule has 1 nitrogen and oxygen atoms in total. The van der Waals surface area contributed by atoms with Crippen molar-refractivity contribution in [3.63, 3.8) is 0 Å². The Morgan fingerprint density at radius 2 is 0.542 bits per heavy atom. The van der Waals surface area contributed by atoms with E-state index in [-0.39, 0.29) is 0 Å². The molecule has 11 rings (SSSR count). The van der Waals surface area contributed by atoms with Gasteiger partial charge in [-0.15, -0.1) is 0 Å². The van der Waals surface area contributed by atoms with Crippen LogP contribution in [0.5, 0.6) is 0 Å². The first-order valence-electron chi connectivity index (χ1n) is 20.6. The van der Waals surface area contributed by atoms with E-state index in [9.17, 15) is 0 Å². The van der Waals surface area contributed by atoms with Crippen LogP contribution < -0.4 is 0 Å². The summed E-state index contributed by atoms with van der Waals surface area (Å²) in [5.41, 5.74) is 17.3. The third kappa shape index (κ3) is 6.02. The summed E-state index contributed by atoms with van der Waals surface area (Å²) in [4.78, 5) is 0. The van der Waals surface area contributed by atoms with E-state index in [1.165, 1.54) is 110 Å². The molecule has 278 valence electrons. The zero-order valence-electron chi connectivity index (χ0n) is 32.9. The third-order valence-electron chi connectivity index (χ3n) is 12.2. The van der Waals surface area contributed by atoms with E-state index in [4.69, 9.17) is 0 Å². The molecule has 0 N–H and O–H groups in total. The predicted molar refractivity (Wildman–Crippen MR) is 253 cm³/mol. The number of aromatic nitrogens is 1. The lowest BCUT2D eigenvalue weighted by Crippen LogP contribution is -1.93. The van der Waals surface area contributed by atoms with Gasteiger partial charge in [-0.3, -0.25) is 0 Å². The lowest BCUT2D eigenvalue weighted by atomic mass is 9.83. The highest BCUT2D eigenvalue weighted by atomic mass is 15.0. The monoisotopic (exact) mass is 751 g/mol. The van der Waals surface area contributed by atoms with Crippen LogP contribution in [0.25, 0.3) is 110 Å². The summed E-state index contributed by atoms with van der Waals surface area (Å²) in [6.07, 6.45) is 0. The van der Waals surface area contributed by atoms with Crippen molar-refractivity contribution in [1.29, 1.82) is 0 Å². The first-order valence-corrected chi connectivity index (χ1v) is 20.6. The molecule has 1 heterocycles. The Bertz CT molecular complexity index is 3310. The lowest BCUT2D eigenvalue weighted by Gasteiger charge is -2.20. The average Bonchev–Trinajstić information content (AvgIpc) is 3.63. The largest absolute Gasteiger partial charge is 0.341 e. The minimum Gasteiger partial charge on any atom is -0.341 e. The average molecular weight is 752 g/mol. The van der Waals surface area contributed by atoms with Gasteiger partial charge in [0.05, 0.1) is 0 Å². The number of rotatable bonds is 7. The number of hydrogen-bond acceptors (Lipinski definition) is 0. The second-order valence-electron chi connectivity index (χ2n) is 15.5. The molecule has 0 unspecified atom stereocenters. The summed E-state index contributed by atoms with van der Waals surface area (Å²) in [5, 5.41) is 7.59. The van der Waals surface area contributed by atoms with E-state index in [1.807, 2.05) is 0 Å². The minimum atomic E-state index is 0.919. The molecule has 0 aliphatic carbocycles. The lowest BCUT2D eigenvalue weighted by molar-refractivity contribution is 0.827. The Morgan fingerprint density at radius 1 is 0.254 bits per heavy atom. The molecule has 1 aromatic heterocycles. The van der Waals surface area contributed by atoms with Crippen LogP contribution in [0.3, 0.4) is 0 Å². The van der Waals surface area contributed by atoms with Crippen LogP contribution in [0.15, 0.2) is 218 Å². The van der Waals surface area contributed by atoms with Gasteiger partial charge < -0.3 is 4.57 Å². The highest BCUT2D eigenvalue weighted by Crippen LogP contribution is 2.46. The molecular formula is C58H41N. The van der Waals surface area contributed by atoms with E-state index < -0.39 is 0 Å². The van der Waals surface area contributed by atoms with Crippen molar-refractivity contribution in [2.75, 3.05) is 0 Å². The minimum absolute atomic E-state index is 0.919. The molecular weight excluding hydrogens is 711 g/mol. The van der Waals surface area contributed by atoms with Gasteiger partial charge in [0, 0.05) is 28.4 Å². The molecule has 0 bridgehead atoms. The van der Waals surface area contributed by atoms with Crippen LogP contribution in [-0.4, -0.2) is 4.57 Å². The van der Waals surface area contributed by atoms with Crippen LogP contribution >= 0.6 is 0 Å². The molecule has 10 aromatic carbocycles. The summed E-state index contributed by atoms with van der Waals surface area (Å²) < 4.78 is 2.44. The molecule has 0 saturated heterocycles.